The standard InChI is InChI=1S/C19H22N2.C9H10.CH4S/c1-4-8-19(16-9-6-5-7-10-16)21-15(3)17-12-11-14(2)13-18(17)20;1-8(2)9-6-4-3-5-7-9;1-2/h5-13H,4,20H2,1-3H3;3-7H,1H2,2H3;2H,1H3/b19-8+,21-15?;;. The van der Waals surface area contributed by atoms with Crippen LogP contribution in [0.5, 0.6) is 0 Å². The molecular formula is C29H36N2S. The molecule has 0 bridgehead atoms. The lowest BCUT2D eigenvalue weighted by Crippen LogP contribution is -2.02. The van der Waals surface area contributed by atoms with E-state index in [1.54, 1.807) is 6.26 Å². The third kappa shape index (κ3) is 8.99. The second-order valence-corrected chi connectivity index (χ2v) is 7.30. The molecule has 3 aromatic carbocycles. The van der Waals surface area contributed by atoms with Crippen LogP contribution in [0.3, 0.4) is 0 Å². The molecule has 0 heterocycles. The summed E-state index contributed by atoms with van der Waals surface area (Å²) in [7, 11) is 0. The molecule has 32 heavy (non-hydrogen) atoms. The van der Waals surface area contributed by atoms with Gasteiger partial charge in [0.05, 0.1) is 5.70 Å². The number of rotatable bonds is 5. The number of aryl methyl sites for hydroxylation is 1. The van der Waals surface area contributed by atoms with E-state index in [1.807, 2.05) is 69.3 Å². The predicted octanol–water partition coefficient (Wildman–Crippen LogP) is 8.10. The summed E-state index contributed by atoms with van der Waals surface area (Å²) >= 11 is 3.53. The van der Waals surface area contributed by atoms with Crippen LogP contribution in [0.25, 0.3) is 11.3 Å². The first kappa shape index (κ1) is 27.0. The molecule has 2 nitrogen and oxygen atoms in total. The summed E-state index contributed by atoms with van der Waals surface area (Å²) in [4.78, 5) is 4.79. The molecule has 0 spiro atoms. The highest BCUT2D eigenvalue weighted by Crippen LogP contribution is 2.21. The van der Waals surface area contributed by atoms with Crippen molar-refractivity contribution in [1.29, 1.82) is 0 Å². The zero-order valence-electron chi connectivity index (χ0n) is 20.0. The van der Waals surface area contributed by atoms with Crippen LogP contribution in [0.1, 0.15) is 49.4 Å². The van der Waals surface area contributed by atoms with Crippen molar-refractivity contribution in [3.63, 3.8) is 0 Å². The summed E-state index contributed by atoms with van der Waals surface area (Å²) in [5.41, 5.74) is 14.5. The van der Waals surface area contributed by atoms with Gasteiger partial charge in [-0.3, -0.25) is 4.99 Å². The van der Waals surface area contributed by atoms with Gasteiger partial charge >= 0.3 is 0 Å². The number of hydrogen-bond acceptors (Lipinski definition) is 3. The first-order valence-corrected chi connectivity index (χ1v) is 11.6. The van der Waals surface area contributed by atoms with Crippen LogP contribution in [0.15, 0.2) is 96.5 Å². The van der Waals surface area contributed by atoms with Gasteiger partial charge in [-0.15, -0.1) is 0 Å². The van der Waals surface area contributed by atoms with E-state index >= 15 is 0 Å². The molecule has 0 atom stereocenters. The lowest BCUT2D eigenvalue weighted by Gasteiger charge is -2.08. The van der Waals surface area contributed by atoms with Crippen molar-refractivity contribution in [2.75, 3.05) is 12.0 Å². The van der Waals surface area contributed by atoms with Crippen LogP contribution in [-0.4, -0.2) is 12.0 Å². The predicted molar refractivity (Wildman–Crippen MR) is 149 cm³/mol. The zero-order valence-corrected chi connectivity index (χ0v) is 20.9. The first-order valence-electron chi connectivity index (χ1n) is 10.8. The van der Waals surface area contributed by atoms with Crippen LogP contribution in [0.4, 0.5) is 5.69 Å². The van der Waals surface area contributed by atoms with Crippen molar-refractivity contribution in [3.8, 4) is 0 Å². The number of nitrogens with zero attached hydrogens (tertiary/aromatic N) is 1. The summed E-state index contributed by atoms with van der Waals surface area (Å²) in [6.45, 7) is 12.0. The second-order valence-electron chi connectivity index (χ2n) is 7.30. The Morgan fingerprint density at radius 3 is 1.88 bits per heavy atom. The maximum Gasteiger partial charge on any atom is 0.0665 e. The van der Waals surface area contributed by atoms with Crippen LogP contribution >= 0.6 is 12.6 Å². The number of thiol groups is 1. The average Bonchev–Trinajstić information content (AvgIpc) is 2.81. The highest BCUT2D eigenvalue weighted by Gasteiger charge is 2.05. The summed E-state index contributed by atoms with van der Waals surface area (Å²) < 4.78 is 0. The highest BCUT2D eigenvalue weighted by molar-refractivity contribution is 7.79. The first-order chi connectivity index (χ1) is 15.4. The second kappa shape index (κ2) is 14.9. The molecule has 0 saturated carbocycles. The average molecular weight is 445 g/mol. The highest BCUT2D eigenvalue weighted by atomic mass is 32.1. The Balaban J connectivity index is 0.000000388. The van der Waals surface area contributed by atoms with Crippen LogP contribution in [0.2, 0.25) is 0 Å². The Labute approximate surface area is 200 Å². The van der Waals surface area contributed by atoms with E-state index < -0.39 is 0 Å². The number of nitrogens with two attached hydrogens (primary N) is 1. The largest absolute Gasteiger partial charge is 0.398 e. The molecule has 0 aliphatic carbocycles. The maximum absolute atomic E-state index is 6.11. The van der Waals surface area contributed by atoms with Crippen molar-refractivity contribution in [3.05, 3.63) is 114 Å². The molecule has 0 aromatic heterocycles. The number of hydrogen-bond donors (Lipinski definition) is 2. The monoisotopic (exact) mass is 444 g/mol. The number of allylic oxidation sites excluding steroid dienone is 2. The van der Waals surface area contributed by atoms with Gasteiger partial charge in [-0.1, -0.05) is 97.9 Å². The summed E-state index contributed by atoms with van der Waals surface area (Å²) in [5, 5.41) is 0. The van der Waals surface area contributed by atoms with Crippen molar-refractivity contribution >= 4 is 35.3 Å². The van der Waals surface area contributed by atoms with Gasteiger partial charge in [0.1, 0.15) is 0 Å². The smallest absolute Gasteiger partial charge is 0.0665 e. The Bertz CT molecular complexity index is 1020. The van der Waals surface area contributed by atoms with E-state index in [0.717, 1.165) is 45.8 Å². The van der Waals surface area contributed by atoms with Crippen LogP contribution < -0.4 is 5.73 Å². The molecule has 168 valence electrons. The molecule has 3 rings (SSSR count). The molecule has 0 aliphatic heterocycles. The molecule has 0 saturated heterocycles. The Hall–Kier alpha value is -3.04. The van der Waals surface area contributed by atoms with E-state index in [1.165, 1.54) is 5.56 Å². The Morgan fingerprint density at radius 2 is 1.44 bits per heavy atom. The van der Waals surface area contributed by atoms with Crippen molar-refractivity contribution in [1.82, 2.24) is 0 Å². The van der Waals surface area contributed by atoms with E-state index in [4.69, 9.17) is 10.7 Å². The van der Waals surface area contributed by atoms with E-state index in [0.29, 0.717) is 0 Å². The summed E-state index contributed by atoms with van der Waals surface area (Å²) in [6.07, 6.45) is 4.79. The third-order valence-corrected chi connectivity index (χ3v) is 4.62. The minimum Gasteiger partial charge on any atom is -0.398 e. The molecule has 3 heteroatoms. The van der Waals surface area contributed by atoms with Crippen LogP contribution in [0, 0.1) is 6.92 Å². The Morgan fingerprint density at radius 1 is 0.906 bits per heavy atom. The molecule has 0 radical (unpaired) electrons. The normalized spacial score (nSPS) is 10.9. The lowest BCUT2D eigenvalue weighted by atomic mass is 10.1. The lowest BCUT2D eigenvalue weighted by molar-refractivity contribution is 1.21. The molecule has 0 fully saturated rings. The van der Waals surface area contributed by atoms with Gasteiger partial charge in [0.25, 0.3) is 0 Å². The van der Waals surface area contributed by atoms with Crippen LogP contribution in [-0.2, 0) is 0 Å². The van der Waals surface area contributed by atoms with E-state index in [2.05, 4.69) is 62.5 Å². The van der Waals surface area contributed by atoms with Gasteiger partial charge in [0.15, 0.2) is 0 Å². The quantitative estimate of drug-likeness (QED) is 0.233. The van der Waals surface area contributed by atoms with Gasteiger partial charge < -0.3 is 5.73 Å². The van der Waals surface area contributed by atoms with Gasteiger partial charge in [-0.05, 0) is 56.2 Å². The summed E-state index contributed by atoms with van der Waals surface area (Å²) in [5.74, 6) is 0. The number of nitrogen functional groups attached to an aromatic ring is 1. The number of anilines is 1. The van der Waals surface area contributed by atoms with E-state index in [9.17, 15) is 0 Å². The minimum atomic E-state index is 0.778. The van der Waals surface area contributed by atoms with E-state index in [-0.39, 0.29) is 0 Å². The molecular weight excluding hydrogens is 408 g/mol. The Kier molecular flexibility index (Phi) is 12.5. The van der Waals surface area contributed by atoms with Crippen molar-refractivity contribution < 1.29 is 0 Å². The molecule has 0 unspecified atom stereocenters. The zero-order chi connectivity index (χ0) is 23.9. The minimum absolute atomic E-state index is 0.778. The topological polar surface area (TPSA) is 38.4 Å². The van der Waals surface area contributed by atoms with Gasteiger partial charge in [-0.2, -0.15) is 12.6 Å². The van der Waals surface area contributed by atoms with Gasteiger partial charge in [-0.25, -0.2) is 0 Å². The molecule has 0 amide bonds. The van der Waals surface area contributed by atoms with Crippen molar-refractivity contribution in [2.24, 2.45) is 4.99 Å². The fraction of sp³-hybridized carbons (Fsp3) is 0.207. The van der Waals surface area contributed by atoms with Crippen molar-refractivity contribution in [2.45, 2.75) is 34.1 Å². The summed E-state index contributed by atoms with van der Waals surface area (Å²) in [6, 6.07) is 26.5. The molecule has 2 N–H and O–H groups in total. The third-order valence-electron chi connectivity index (χ3n) is 4.62. The number of aliphatic imine (C=N–C) groups is 1. The maximum atomic E-state index is 6.11. The SMILES string of the molecule is C=C(C)c1ccccc1.CC/C=C(/N=C(C)c1ccc(C)cc1N)c1ccccc1.CS. The fourth-order valence-corrected chi connectivity index (χ4v) is 3.01. The fourth-order valence-electron chi connectivity index (χ4n) is 3.01. The van der Waals surface area contributed by atoms with Gasteiger partial charge in [0, 0.05) is 17.0 Å². The molecule has 0 aliphatic rings. The molecule has 3 aromatic rings. The number of benzene rings is 3. The van der Waals surface area contributed by atoms with Gasteiger partial charge in [0.2, 0.25) is 0 Å².